The Morgan fingerprint density at radius 3 is 2.44 bits per heavy atom. The second-order valence-electron chi connectivity index (χ2n) is 6.12. The van der Waals surface area contributed by atoms with Gasteiger partial charge in [-0.05, 0) is 43.7 Å². The molecule has 0 fully saturated rings. The minimum atomic E-state index is -3.23. The molecule has 2 aromatic carbocycles. The maximum Gasteiger partial charge on any atom is 0.255 e. The molecule has 0 aliphatic heterocycles. The average Bonchev–Trinajstić information content (AvgIpc) is 2.94. The number of nitrogens with one attached hydrogen (secondary N) is 1. The SMILES string of the molecule is Cc1cc2cccc(C(=O)NC(C)c3ccc(S(C)(=O)=O)cc3)c2o1. The summed E-state index contributed by atoms with van der Waals surface area (Å²) in [5.41, 5.74) is 1.87. The van der Waals surface area contributed by atoms with Gasteiger partial charge in [-0.15, -0.1) is 0 Å². The fourth-order valence-corrected chi connectivity index (χ4v) is 3.36. The van der Waals surface area contributed by atoms with Crippen LogP contribution in [0.4, 0.5) is 0 Å². The zero-order valence-electron chi connectivity index (χ0n) is 14.2. The predicted octanol–water partition coefficient (Wildman–Crippen LogP) is 3.64. The molecule has 1 N–H and O–H groups in total. The standard InChI is InChI=1S/C19H19NO4S/c1-12-11-15-5-4-6-17(18(15)24-12)19(21)20-13(2)14-7-9-16(10-8-14)25(3,22)23/h4-11,13H,1-3H3,(H,20,21). The van der Waals surface area contributed by atoms with Crippen LogP contribution in [0.1, 0.15) is 34.6 Å². The Kier molecular flexibility index (Phi) is 4.39. The van der Waals surface area contributed by atoms with Crippen molar-refractivity contribution in [2.24, 2.45) is 0 Å². The van der Waals surface area contributed by atoms with Crippen LogP contribution in [0.15, 0.2) is 57.8 Å². The topological polar surface area (TPSA) is 76.4 Å². The minimum absolute atomic E-state index is 0.236. The first-order chi connectivity index (χ1) is 11.8. The fraction of sp³-hybridized carbons (Fsp3) is 0.211. The minimum Gasteiger partial charge on any atom is -0.461 e. The fourth-order valence-electron chi connectivity index (χ4n) is 2.73. The lowest BCUT2D eigenvalue weighted by molar-refractivity contribution is 0.0940. The number of hydrogen-bond donors (Lipinski definition) is 1. The molecule has 0 aliphatic carbocycles. The zero-order valence-corrected chi connectivity index (χ0v) is 15.1. The van der Waals surface area contributed by atoms with Crippen LogP contribution in [0, 0.1) is 6.92 Å². The molecule has 25 heavy (non-hydrogen) atoms. The first-order valence-corrected chi connectivity index (χ1v) is 9.75. The summed E-state index contributed by atoms with van der Waals surface area (Å²) in [7, 11) is -3.23. The molecule has 3 aromatic rings. The van der Waals surface area contributed by atoms with E-state index < -0.39 is 9.84 Å². The molecule has 1 unspecified atom stereocenters. The zero-order chi connectivity index (χ0) is 18.2. The van der Waals surface area contributed by atoms with Gasteiger partial charge in [0.1, 0.15) is 11.3 Å². The molecular weight excluding hydrogens is 338 g/mol. The highest BCUT2D eigenvalue weighted by atomic mass is 32.2. The monoisotopic (exact) mass is 357 g/mol. The lowest BCUT2D eigenvalue weighted by Crippen LogP contribution is -2.26. The second-order valence-corrected chi connectivity index (χ2v) is 8.13. The Morgan fingerprint density at radius 1 is 1.12 bits per heavy atom. The van der Waals surface area contributed by atoms with E-state index in [0.717, 1.165) is 16.7 Å². The third-order valence-electron chi connectivity index (χ3n) is 4.07. The maximum absolute atomic E-state index is 12.6. The van der Waals surface area contributed by atoms with Gasteiger partial charge in [0.05, 0.1) is 16.5 Å². The van der Waals surface area contributed by atoms with E-state index in [1.807, 2.05) is 32.0 Å². The Hall–Kier alpha value is -2.60. The van der Waals surface area contributed by atoms with Gasteiger partial charge in [-0.2, -0.15) is 0 Å². The van der Waals surface area contributed by atoms with Gasteiger partial charge < -0.3 is 9.73 Å². The van der Waals surface area contributed by atoms with Crippen LogP contribution < -0.4 is 5.32 Å². The number of para-hydroxylation sites is 1. The number of rotatable bonds is 4. The number of hydrogen-bond acceptors (Lipinski definition) is 4. The smallest absolute Gasteiger partial charge is 0.255 e. The van der Waals surface area contributed by atoms with Crippen molar-refractivity contribution in [3.8, 4) is 0 Å². The second kappa shape index (κ2) is 6.37. The molecule has 0 spiro atoms. The molecule has 1 heterocycles. The number of carbonyl (C=O) groups is 1. The molecule has 1 aromatic heterocycles. The summed E-state index contributed by atoms with van der Waals surface area (Å²) >= 11 is 0. The van der Waals surface area contributed by atoms with Crippen molar-refractivity contribution in [3.63, 3.8) is 0 Å². The molecule has 0 saturated heterocycles. The molecule has 1 amide bonds. The van der Waals surface area contributed by atoms with E-state index in [0.29, 0.717) is 11.1 Å². The van der Waals surface area contributed by atoms with E-state index in [1.54, 1.807) is 30.3 Å². The summed E-state index contributed by atoms with van der Waals surface area (Å²) in [6.45, 7) is 3.69. The molecule has 1 atom stereocenters. The van der Waals surface area contributed by atoms with Crippen molar-refractivity contribution in [2.45, 2.75) is 24.8 Å². The lowest BCUT2D eigenvalue weighted by Gasteiger charge is -2.15. The number of aryl methyl sites for hydroxylation is 1. The molecule has 0 aliphatic rings. The molecule has 5 nitrogen and oxygen atoms in total. The van der Waals surface area contributed by atoms with Crippen LogP contribution in [0.3, 0.4) is 0 Å². The summed E-state index contributed by atoms with van der Waals surface area (Å²) in [6.07, 6.45) is 1.17. The number of fused-ring (bicyclic) bond motifs is 1. The third-order valence-corrected chi connectivity index (χ3v) is 5.20. The van der Waals surface area contributed by atoms with Gasteiger partial charge in [-0.1, -0.05) is 24.3 Å². The Morgan fingerprint density at radius 2 is 1.80 bits per heavy atom. The van der Waals surface area contributed by atoms with Gasteiger partial charge >= 0.3 is 0 Å². The molecule has 0 bridgehead atoms. The summed E-state index contributed by atoms with van der Waals surface area (Å²) in [5, 5.41) is 3.81. The predicted molar refractivity (Wildman–Crippen MR) is 96.4 cm³/mol. The first kappa shape index (κ1) is 17.2. The van der Waals surface area contributed by atoms with Gasteiger partial charge in [-0.3, -0.25) is 4.79 Å². The number of amides is 1. The number of furan rings is 1. The van der Waals surface area contributed by atoms with Gasteiger partial charge in [0.15, 0.2) is 9.84 Å². The summed E-state index contributed by atoms with van der Waals surface area (Å²) in [6, 6.07) is 13.6. The van der Waals surface area contributed by atoms with E-state index in [9.17, 15) is 13.2 Å². The van der Waals surface area contributed by atoms with E-state index in [1.165, 1.54) is 6.26 Å². The van der Waals surface area contributed by atoms with E-state index in [4.69, 9.17) is 4.42 Å². The van der Waals surface area contributed by atoms with Gasteiger partial charge in [0.2, 0.25) is 0 Å². The molecule has 3 rings (SSSR count). The Bertz CT molecular complexity index is 1030. The van der Waals surface area contributed by atoms with Crippen LogP contribution in [0.25, 0.3) is 11.0 Å². The summed E-state index contributed by atoms with van der Waals surface area (Å²) in [5.74, 6) is 0.513. The van der Waals surface area contributed by atoms with Crippen LogP contribution in [0.2, 0.25) is 0 Å². The van der Waals surface area contributed by atoms with E-state index >= 15 is 0 Å². The van der Waals surface area contributed by atoms with Crippen LogP contribution >= 0.6 is 0 Å². The highest BCUT2D eigenvalue weighted by Gasteiger charge is 2.17. The quantitative estimate of drug-likeness (QED) is 0.773. The normalized spacial score (nSPS) is 12.9. The lowest BCUT2D eigenvalue weighted by atomic mass is 10.1. The van der Waals surface area contributed by atoms with Crippen molar-refractivity contribution >= 4 is 26.7 Å². The largest absolute Gasteiger partial charge is 0.461 e. The maximum atomic E-state index is 12.6. The Labute approximate surface area is 146 Å². The van der Waals surface area contributed by atoms with Crippen molar-refractivity contribution in [1.29, 1.82) is 0 Å². The molecule has 6 heteroatoms. The highest BCUT2D eigenvalue weighted by Crippen LogP contribution is 2.24. The number of carbonyl (C=O) groups excluding carboxylic acids is 1. The molecule has 130 valence electrons. The van der Waals surface area contributed by atoms with Crippen LogP contribution in [-0.2, 0) is 9.84 Å². The highest BCUT2D eigenvalue weighted by molar-refractivity contribution is 7.90. The Balaban J connectivity index is 1.82. The van der Waals surface area contributed by atoms with E-state index in [2.05, 4.69) is 5.32 Å². The number of sulfone groups is 1. The third kappa shape index (κ3) is 3.58. The molecule has 0 saturated carbocycles. The first-order valence-electron chi connectivity index (χ1n) is 7.86. The van der Waals surface area contributed by atoms with Crippen molar-refractivity contribution < 1.29 is 17.6 Å². The molecule has 0 radical (unpaired) electrons. The average molecular weight is 357 g/mol. The summed E-state index contributed by atoms with van der Waals surface area (Å²) in [4.78, 5) is 12.9. The van der Waals surface area contributed by atoms with Crippen LogP contribution in [0.5, 0.6) is 0 Å². The van der Waals surface area contributed by atoms with Gasteiger partial charge in [0, 0.05) is 11.6 Å². The summed E-state index contributed by atoms with van der Waals surface area (Å²) < 4.78 is 28.7. The van der Waals surface area contributed by atoms with Crippen molar-refractivity contribution in [3.05, 3.63) is 65.4 Å². The number of benzene rings is 2. The molecular formula is C19H19NO4S. The van der Waals surface area contributed by atoms with Gasteiger partial charge in [-0.25, -0.2) is 8.42 Å². The van der Waals surface area contributed by atoms with Crippen molar-refractivity contribution in [1.82, 2.24) is 5.32 Å². The van der Waals surface area contributed by atoms with E-state index in [-0.39, 0.29) is 16.8 Å². The van der Waals surface area contributed by atoms with Crippen molar-refractivity contribution in [2.75, 3.05) is 6.26 Å². The van der Waals surface area contributed by atoms with Crippen LogP contribution in [-0.4, -0.2) is 20.6 Å². The van der Waals surface area contributed by atoms with Gasteiger partial charge in [0.25, 0.3) is 5.91 Å².